The molecule has 0 bridgehead atoms. The molecule has 1 heterocycles. The van der Waals surface area contributed by atoms with Crippen molar-refractivity contribution in [2.45, 2.75) is 65.9 Å². The number of piperidine rings is 1. The highest BCUT2D eigenvalue weighted by atomic mass is 16.5. The van der Waals surface area contributed by atoms with Crippen LogP contribution in [0.3, 0.4) is 0 Å². The minimum Gasteiger partial charge on any atom is -0.496 e. The van der Waals surface area contributed by atoms with E-state index in [2.05, 4.69) is 92.4 Å². The topological polar surface area (TPSA) is 21.7 Å². The molecule has 0 atom stereocenters. The number of likely N-dealkylation sites (tertiary alicyclic amines) is 1. The van der Waals surface area contributed by atoms with Crippen LogP contribution < -0.4 is 9.47 Å². The fourth-order valence-corrected chi connectivity index (χ4v) is 6.33. The number of methoxy groups -OCH3 is 1. The molecule has 0 spiro atoms. The first-order valence-electron chi connectivity index (χ1n) is 14.8. The van der Waals surface area contributed by atoms with Crippen molar-refractivity contribution in [3.05, 3.63) is 100 Å². The fourth-order valence-electron chi connectivity index (χ4n) is 6.33. The third-order valence-corrected chi connectivity index (χ3v) is 8.59. The van der Waals surface area contributed by atoms with Crippen molar-refractivity contribution in [3.8, 4) is 11.5 Å². The average molecular weight is 524 g/mol. The van der Waals surface area contributed by atoms with Gasteiger partial charge in [0.2, 0.25) is 0 Å². The van der Waals surface area contributed by atoms with Crippen LogP contribution in [0.2, 0.25) is 0 Å². The summed E-state index contributed by atoms with van der Waals surface area (Å²) in [5.74, 6) is 3.31. The lowest BCUT2D eigenvalue weighted by Crippen LogP contribution is -2.36. The second-order valence-corrected chi connectivity index (χ2v) is 12.0. The molecule has 0 N–H and O–H groups in total. The first-order valence-corrected chi connectivity index (χ1v) is 14.8. The van der Waals surface area contributed by atoms with Crippen LogP contribution >= 0.6 is 0 Å². The highest BCUT2D eigenvalue weighted by Gasteiger charge is 2.23. The molecule has 0 radical (unpaired) electrons. The molecule has 0 amide bonds. The van der Waals surface area contributed by atoms with Crippen molar-refractivity contribution >= 4 is 5.57 Å². The predicted octanol–water partition coefficient (Wildman–Crippen LogP) is 8.15. The maximum atomic E-state index is 6.25. The molecule has 0 aromatic heterocycles. The van der Waals surface area contributed by atoms with E-state index >= 15 is 0 Å². The summed E-state index contributed by atoms with van der Waals surface area (Å²) in [5.41, 5.74) is 9.79. The monoisotopic (exact) mass is 523 g/mol. The highest BCUT2D eigenvalue weighted by molar-refractivity contribution is 5.72. The maximum absolute atomic E-state index is 6.25. The van der Waals surface area contributed by atoms with Gasteiger partial charge in [0, 0.05) is 12.1 Å². The number of rotatable bonds is 10. The standard InChI is InChI=1S/C36H45NO2/c1-26(2)20-30-10-11-33(36(22-30)38-4)25-39-34-14-15-35-27(3)32(13-12-31(35)23-34)24-37-18-16-29(17-19-37)21-28-8-6-5-7-9-28/h5-11,14-15,22-23,26,29H,12-13,16-21,24-25H2,1-4H3. The molecule has 1 saturated heterocycles. The van der Waals surface area contributed by atoms with Gasteiger partial charge in [0.25, 0.3) is 0 Å². The second kappa shape index (κ2) is 12.9. The zero-order chi connectivity index (χ0) is 27.2. The molecule has 2 aliphatic rings. The third kappa shape index (κ3) is 7.13. The van der Waals surface area contributed by atoms with E-state index in [0.717, 1.165) is 48.8 Å². The molecule has 5 rings (SSSR count). The van der Waals surface area contributed by atoms with Gasteiger partial charge in [-0.3, -0.25) is 4.90 Å². The molecule has 0 saturated carbocycles. The van der Waals surface area contributed by atoms with Crippen LogP contribution in [0.1, 0.15) is 67.9 Å². The van der Waals surface area contributed by atoms with Gasteiger partial charge in [-0.15, -0.1) is 0 Å². The molecule has 3 aromatic carbocycles. The van der Waals surface area contributed by atoms with E-state index < -0.39 is 0 Å². The minimum atomic E-state index is 0.518. The van der Waals surface area contributed by atoms with E-state index in [-0.39, 0.29) is 0 Å². The van der Waals surface area contributed by atoms with Crippen LogP contribution in [0.25, 0.3) is 5.57 Å². The number of ether oxygens (including phenoxy) is 2. The van der Waals surface area contributed by atoms with Crippen LogP contribution in [0, 0.1) is 11.8 Å². The Morgan fingerprint density at radius 1 is 0.897 bits per heavy atom. The van der Waals surface area contributed by atoms with Crippen LogP contribution in [0.5, 0.6) is 11.5 Å². The molecule has 3 aromatic rings. The van der Waals surface area contributed by atoms with Crippen molar-refractivity contribution in [1.82, 2.24) is 4.90 Å². The Kier molecular flexibility index (Phi) is 9.09. The molecule has 39 heavy (non-hydrogen) atoms. The van der Waals surface area contributed by atoms with Crippen LogP contribution in [-0.4, -0.2) is 31.6 Å². The number of benzene rings is 3. The normalized spacial score (nSPS) is 16.4. The molecule has 1 fully saturated rings. The quantitative estimate of drug-likeness (QED) is 0.268. The number of hydrogen-bond acceptors (Lipinski definition) is 3. The summed E-state index contributed by atoms with van der Waals surface area (Å²) in [6, 6.07) is 24.2. The van der Waals surface area contributed by atoms with E-state index in [9.17, 15) is 0 Å². The number of aryl methyl sites for hydroxylation is 1. The summed E-state index contributed by atoms with van der Waals surface area (Å²) >= 11 is 0. The third-order valence-electron chi connectivity index (χ3n) is 8.59. The zero-order valence-corrected chi connectivity index (χ0v) is 24.3. The van der Waals surface area contributed by atoms with E-state index in [1.807, 2.05) is 0 Å². The van der Waals surface area contributed by atoms with E-state index in [0.29, 0.717) is 12.5 Å². The van der Waals surface area contributed by atoms with Gasteiger partial charge in [-0.05, 0) is 116 Å². The van der Waals surface area contributed by atoms with Crippen molar-refractivity contribution in [2.75, 3.05) is 26.7 Å². The summed E-state index contributed by atoms with van der Waals surface area (Å²) in [7, 11) is 1.75. The van der Waals surface area contributed by atoms with Gasteiger partial charge in [0.15, 0.2) is 0 Å². The van der Waals surface area contributed by atoms with Crippen LogP contribution in [0.4, 0.5) is 0 Å². The van der Waals surface area contributed by atoms with E-state index in [1.165, 1.54) is 60.2 Å². The Morgan fingerprint density at radius 2 is 1.69 bits per heavy atom. The number of allylic oxidation sites excluding steroid dienone is 1. The van der Waals surface area contributed by atoms with Crippen molar-refractivity contribution in [3.63, 3.8) is 0 Å². The first-order chi connectivity index (χ1) is 19.0. The average Bonchev–Trinajstić information content (AvgIpc) is 2.95. The Bertz CT molecular complexity index is 1270. The summed E-state index contributed by atoms with van der Waals surface area (Å²) in [5, 5.41) is 0. The summed E-state index contributed by atoms with van der Waals surface area (Å²) < 4.78 is 11.9. The molecule has 1 aliphatic heterocycles. The SMILES string of the molecule is COc1cc(CC(C)C)ccc1COc1ccc2c(c1)CCC(CN1CCC(Cc3ccccc3)CC1)=C2C. The van der Waals surface area contributed by atoms with Gasteiger partial charge in [-0.2, -0.15) is 0 Å². The van der Waals surface area contributed by atoms with E-state index in [1.54, 1.807) is 12.7 Å². The minimum absolute atomic E-state index is 0.518. The summed E-state index contributed by atoms with van der Waals surface area (Å²) in [4.78, 5) is 2.68. The lowest BCUT2D eigenvalue weighted by Gasteiger charge is -2.34. The highest BCUT2D eigenvalue weighted by Crippen LogP contribution is 2.35. The number of fused-ring (bicyclic) bond motifs is 1. The lowest BCUT2D eigenvalue weighted by atomic mass is 9.85. The van der Waals surface area contributed by atoms with Gasteiger partial charge >= 0.3 is 0 Å². The maximum Gasteiger partial charge on any atom is 0.125 e. The Balaban J connectivity index is 1.17. The van der Waals surface area contributed by atoms with Gasteiger partial charge < -0.3 is 9.47 Å². The van der Waals surface area contributed by atoms with Gasteiger partial charge in [0.05, 0.1) is 7.11 Å². The molecule has 0 unspecified atom stereocenters. The van der Waals surface area contributed by atoms with Gasteiger partial charge in [0.1, 0.15) is 18.1 Å². The van der Waals surface area contributed by atoms with Gasteiger partial charge in [-0.1, -0.05) is 68.0 Å². The summed E-state index contributed by atoms with van der Waals surface area (Å²) in [6.45, 7) is 10.9. The smallest absolute Gasteiger partial charge is 0.125 e. The largest absolute Gasteiger partial charge is 0.496 e. The lowest BCUT2D eigenvalue weighted by molar-refractivity contribution is 0.195. The molecular formula is C36H45NO2. The van der Waals surface area contributed by atoms with Crippen molar-refractivity contribution in [1.29, 1.82) is 0 Å². The number of nitrogens with zero attached hydrogens (tertiary/aromatic N) is 1. The van der Waals surface area contributed by atoms with Crippen molar-refractivity contribution in [2.24, 2.45) is 11.8 Å². The Labute approximate surface area is 235 Å². The summed E-state index contributed by atoms with van der Waals surface area (Å²) in [6.07, 6.45) is 7.15. The zero-order valence-electron chi connectivity index (χ0n) is 24.3. The molecular weight excluding hydrogens is 478 g/mol. The molecule has 206 valence electrons. The molecule has 1 aliphatic carbocycles. The van der Waals surface area contributed by atoms with Crippen LogP contribution in [0.15, 0.2) is 72.3 Å². The van der Waals surface area contributed by atoms with Crippen molar-refractivity contribution < 1.29 is 9.47 Å². The first kappa shape index (κ1) is 27.5. The fraction of sp³-hybridized carbons (Fsp3) is 0.444. The molecule has 3 nitrogen and oxygen atoms in total. The second-order valence-electron chi connectivity index (χ2n) is 12.0. The van der Waals surface area contributed by atoms with E-state index in [4.69, 9.17) is 9.47 Å². The Morgan fingerprint density at radius 3 is 2.44 bits per heavy atom. The predicted molar refractivity (Wildman–Crippen MR) is 163 cm³/mol. The number of hydrogen-bond donors (Lipinski definition) is 0. The Hall–Kier alpha value is -3.04. The van der Waals surface area contributed by atoms with Gasteiger partial charge in [-0.25, -0.2) is 0 Å². The molecule has 3 heteroatoms. The van der Waals surface area contributed by atoms with Crippen LogP contribution in [-0.2, 0) is 25.9 Å².